The van der Waals surface area contributed by atoms with Gasteiger partial charge in [0.25, 0.3) is 0 Å². The highest BCUT2D eigenvalue weighted by Crippen LogP contribution is 2.31. The first-order chi connectivity index (χ1) is 8.85. The fraction of sp³-hybridized carbons (Fsp3) is 1.00. The molecule has 3 heteroatoms. The highest BCUT2D eigenvalue weighted by Gasteiger charge is 2.33. The van der Waals surface area contributed by atoms with E-state index in [0.717, 1.165) is 31.7 Å². The lowest BCUT2D eigenvalue weighted by Gasteiger charge is -2.42. The molecule has 2 aliphatic rings. The van der Waals surface area contributed by atoms with E-state index in [9.17, 15) is 0 Å². The predicted molar refractivity (Wildman–Crippen MR) is 75.9 cm³/mol. The van der Waals surface area contributed by atoms with Gasteiger partial charge in [-0.1, -0.05) is 19.8 Å². The van der Waals surface area contributed by atoms with Crippen LogP contribution < -0.4 is 5.32 Å². The Morgan fingerprint density at radius 3 is 2.89 bits per heavy atom. The van der Waals surface area contributed by atoms with Gasteiger partial charge in [0.05, 0.1) is 6.61 Å². The summed E-state index contributed by atoms with van der Waals surface area (Å²) in [6.07, 6.45) is 8.11. The molecule has 0 spiro atoms. The molecule has 1 aliphatic carbocycles. The molecule has 0 aromatic rings. The molecule has 2 rings (SSSR count). The molecule has 1 saturated heterocycles. The number of hydrogen-bond donors (Lipinski definition) is 1. The first kappa shape index (κ1) is 14.3. The molecule has 1 saturated carbocycles. The zero-order chi connectivity index (χ0) is 12.8. The van der Waals surface area contributed by atoms with E-state index in [1.165, 1.54) is 45.1 Å². The van der Waals surface area contributed by atoms with Crippen molar-refractivity contribution in [2.24, 2.45) is 5.92 Å². The highest BCUT2D eigenvalue weighted by molar-refractivity contribution is 4.91. The van der Waals surface area contributed by atoms with Crippen LogP contribution in [-0.4, -0.2) is 50.3 Å². The summed E-state index contributed by atoms with van der Waals surface area (Å²) in [4.78, 5) is 2.69. The lowest BCUT2D eigenvalue weighted by atomic mass is 9.79. The van der Waals surface area contributed by atoms with Gasteiger partial charge >= 0.3 is 0 Å². The first-order valence-electron chi connectivity index (χ1n) is 7.84. The molecule has 1 aliphatic heterocycles. The van der Waals surface area contributed by atoms with Crippen molar-refractivity contribution in [3.05, 3.63) is 0 Å². The van der Waals surface area contributed by atoms with Gasteiger partial charge in [-0.2, -0.15) is 0 Å². The van der Waals surface area contributed by atoms with E-state index in [-0.39, 0.29) is 0 Å². The van der Waals surface area contributed by atoms with Gasteiger partial charge in [0.15, 0.2) is 0 Å². The third-order valence-electron chi connectivity index (χ3n) is 4.72. The zero-order valence-corrected chi connectivity index (χ0v) is 12.2. The quantitative estimate of drug-likeness (QED) is 0.833. The number of ether oxygens (including phenoxy) is 1. The van der Waals surface area contributed by atoms with Crippen molar-refractivity contribution in [2.45, 2.75) is 57.5 Å². The molecule has 3 atom stereocenters. The van der Waals surface area contributed by atoms with Crippen LogP contribution in [0.15, 0.2) is 0 Å². The minimum atomic E-state index is 0.691. The highest BCUT2D eigenvalue weighted by atomic mass is 16.5. The Bertz CT molecular complexity index is 227. The van der Waals surface area contributed by atoms with Crippen LogP contribution in [0.25, 0.3) is 0 Å². The maximum absolute atomic E-state index is 5.60. The van der Waals surface area contributed by atoms with E-state index in [0.29, 0.717) is 6.04 Å². The Morgan fingerprint density at radius 1 is 1.22 bits per heavy atom. The van der Waals surface area contributed by atoms with Gasteiger partial charge < -0.3 is 10.1 Å². The van der Waals surface area contributed by atoms with E-state index in [4.69, 9.17) is 4.74 Å². The summed E-state index contributed by atoms with van der Waals surface area (Å²) in [5.41, 5.74) is 0. The Balaban J connectivity index is 1.95. The molecule has 106 valence electrons. The van der Waals surface area contributed by atoms with Crippen LogP contribution in [-0.2, 0) is 4.74 Å². The summed E-state index contributed by atoms with van der Waals surface area (Å²) in [5.74, 6) is 0.953. The fourth-order valence-electron chi connectivity index (χ4n) is 3.74. The second-order valence-electron chi connectivity index (χ2n) is 5.93. The molecular weight excluding hydrogens is 224 g/mol. The third-order valence-corrected chi connectivity index (χ3v) is 4.72. The fourth-order valence-corrected chi connectivity index (χ4v) is 3.74. The summed E-state index contributed by atoms with van der Waals surface area (Å²) in [6, 6.07) is 1.43. The second kappa shape index (κ2) is 7.46. The Morgan fingerprint density at radius 2 is 2.11 bits per heavy atom. The average Bonchev–Trinajstić information content (AvgIpc) is 2.68. The maximum atomic E-state index is 5.60. The van der Waals surface area contributed by atoms with Crippen molar-refractivity contribution in [1.82, 2.24) is 10.2 Å². The summed E-state index contributed by atoms with van der Waals surface area (Å²) < 4.78 is 5.60. The van der Waals surface area contributed by atoms with Crippen molar-refractivity contribution in [1.29, 1.82) is 0 Å². The van der Waals surface area contributed by atoms with E-state index < -0.39 is 0 Å². The number of nitrogens with one attached hydrogen (secondary N) is 1. The molecule has 2 fully saturated rings. The molecule has 18 heavy (non-hydrogen) atoms. The summed E-state index contributed by atoms with van der Waals surface area (Å²) in [7, 11) is 2.13. The van der Waals surface area contributed by atoms with Gasteiger partial charge in [-0.3, -0.25) is 4.90 Å². The third kappa shape index (κ3) is 3.69. The number of rotatable bonds is 4. The molecule has 0 aromatic heterocycles. The van der Waals surface area contributed by atoms with Crippen molar-refractivity contribution < 1.29 is 4.74 Å². The van der Waals surface area contributed by atoms with Crippen molar-refractivity contribution in [2.75, 3.05) is 33.4 Å². The summed E-state index contributed by atoms with van der Waals surface area (Å²) >= 11 is 0. The van der Waals surface area contributed by atoms with Gasteiger partial charge in [0.2, 0.25) is 0 Å². The van der Waals surface area contributed by atoms with E-state index in [2.05, 4.69) is 24.2 Å². The summed E-state index contributed by atoms with van der Waals surface area (Å²) in [5, 5.41) is 3.55. The molecule has 0 aromatic carbocycles. The Labute approximate surface area is 112 Å². The first-order valence-corrected chi connectivity index (χ1v) is 7.84. The molecular formula is C15H30N2O. The van der Waals surface area contributed by atoms with Gasteiger partial charge in [0.1, 0.15) is 0 Å². The maximum Gasteiger partial charge on any atom is 0.0593 e. The van der Waals surface area contributed by atoms with E-state index in [1.54, 1.807) is 0 Å². The minimum Gasteiger partial charge on any atom is -0.380 e. The van der Waals surface area contributed by atoms with Crippen LogP contribution >= 0.6 is 0 Å². The van der Waals surface area contributed by atoms with Crippen LogP contribution in [0.5, 0.6) is 0 Å². The van der Waals surface area contributed by atoms with Crippen molar-refractivity contribution in [3.63, 3.8) is 0 Å². The predicted octanol–water partition coefficient (Wildman–Crippen LogP) is 2.27. The van der Waals surface area contributed by atoms with Crippen LogP contribution in [0, 0.1) is 5.92 Å². The smallest absolute Gasteiger partial charge is 0.0593 e. The van der Waals surface area contributed by atoms with Gasteiger partial charge in [-0.15, -0.1) is 0 Å². The largest absolute Gasteiger partial charge is 0.380 e. The minimum absolute atomic E-state index is 0.691. The van der Waals surface area contributed by atoms with Gasteiger partial charge in [-0.05, 0) is 38.6 Å². The number of nitrogens with zero attached hydrogens (tertiary/aromatic N) is 1. The van der Waals surface area contributed by atoms with E-state index >= 15 is 0 Å². The number of hydrogen-bond acceptors (Lipinski definition) is 3. The SMILES string of the molecule is CCCC1CCC(NC)C(N2CCCOCC2)C1. The summed E-state index contributed by atoms with van der Waals surface area (Å²) in [6.45, 7) is 6.54. The van der Waals surface area contributed by atoms with Crippen LogP contribution in [0.3, 0.4) is 0 Å². The Kier molecular flexibility index (Phi) is 5.93. The van der Waals surface area contributed by atoms with Crippen LogP contribution in [0.2, 0.25) is 0 Å². The lowest BCUT2D eigenvalue weighted by molar-refractivity contribution is 0.0870. The molecule has 3 nitrogen and oxygen atoms in total. The van der Waals surface area contributed by atoms with Crippen molar-refractivity contribution in [3.8, 4) is 0 Å². The molecule has 0 bridgehead atoms. The van der Waals surface area contributed by atoms with Crippen molar-refractivity contribution >= 4 is 0 Å². The normalized spacial score (nSPS) is 35.3. The average molecular weight is 254 g/mol. The Hall–Kier alpha value is -0.120. The molecule has 0 radical (unpaired) electrons. The lowest BCUT2D eigenvalue weighted by Crippen LogP contribution is -2.53. The van der Waals surface area contributed by atoms with Crippen LogP contribution in [0.4, 0.5) is 0 Å². The topological polar surface area (TPSA) is 24.5 Å². The number of likely N-dealkylation sites (N-methyl/N-ethyl adjacent to an activating group) is 1. The standard InChI is InChI=1S/C15H30N2O/c1-3-5-13-6-7-14(16-2)15(12-13)17-8-4-10-18-11-9-17/h13-16H,3-12H2,1-2H3. The second-order valence-corrected chi connectivity index (χ2v) is 5.93. The molecule has 0 amide bonds. The van der Waals surface area contributed by atoms with Gasteiger partial charge in [0, 0.05) is 31.8 Å². The van der Waals surface area contributed by atoms with E-state index in [1.807, 2.05) is 0 Å². The monoisotopic (exact) mass is 254 g/mol. The molecule has 3 unspecified atom stereocenters. The molecule has 1 N–H and O–H groups in total. The van der Waals surface area contributed by atoms with Crippen LogP contribution in [0.1, 0.15) is 45.4 Å². The van der Waals surface area contributed by atoms with Gasteiger partial charge in [-0.25, -0.2) is 0 Å². The molecule has 1 heterocycles. The zero-order valence-electron chi connectivity index (χ0n) is 12.2.